The molecule has 0 atom stereocenters. The Morgan fingerprint density at radius 2 is 1.90 bits per heavy atom. The fraction of sp³-hybridized carbons (Fsp3) is 0.467. The lowest BCUT2D eigenvalue weighted by Gasteiger charge is -2.20. The van der Waals surface area contributed by atoms with Gasteiger partial charge in [-0.2, -0.15) is 0 Å². The van der Waals surface area contributed by atoms with Crippen LogP contribution in [0.25, 0.3) is 0 Å². The molecule has 0 aliphatic carbocycles. The van der Waals surface area contributed by atoms with Gasteiger partial charge in [-0.05, 0) is 32.5 Å². The molecule has 1 amide bonds. The number of likely N-dealkylation sites (N-methyl/N-ethyl adjacent to an activating group) is 1. The summed E-state index contributed by atoms with van der Waals surface area (Å²) in [4.78, 5) is 25.5. The van der Waals surface area contributed by atoms with Crippen molar-refractivity contribution in [2.75, 3.05) is 19.6 Å². The topological polar surface area (TPSA) is 89.9 Å². The molecule has 0 aliphatic rings. The van der Waals surface area contributed by atoms with Gasteiger partial charge in [0.2, 0.25) is 5.91 Å². The Morgan fingerprint density at radius 3 is 2.43 bits per heavy atom. The van der Waals surface area contributed by atoms with E-state index in [1.54, 1.807) is 4.90 Å². The van der Waals surface area contributed by atoms with Crippen molar-refractivity contribution < 1.29 is 19.8 Å². The molecule has 1 rings (SSSR count). The summed E-state index contributed by atoms with van der Waals surface area (Å²) in [6, 6.07) is 3.88. The van der Waals surface area contributed by atoms with Crippen molar-refractivity contribution in [3.63, 3.8) is 0 Å². The van der Waals surface area contributed by atoms with Crippen LogP contribution in [0.5, 0.6) is 11.5 Å². The van der Waals surface area contributed by atoms with Crippen LogP contribution in [0.15, 0.2) is 18.2 Å². The summed E-state index contributed by atoms with van der Waals surface area (Å²) < 4.78 is 0. The third-order valence-corrected chi connectivity index (χ3v) is 2.91. The number of aromatic hydroxyl groups is 2. The first-order valence-electron chi connectivity index (χ1n) is 6.90. The number of phenolic OH excluding ortho intramolecular Hbond substituents is 2. The van der Waals surface area contributed by atoms with E-state index in [2.05, 4.69) is 5.32 Å². The first-order chi connectivity index (χ1) is 9.83. The molecule has 1 aromatic rings. The van der Waals surface area contributed by atoms with E-state index < -0.39 is 0 Å². The molecule has 0 aromatic heterocycles. The lowest BCUT2D eigenvalue weighted by atomic mass is 10.1. The second-order valence-electron chi connectivity index (χ2n) is 5.15. The number of carbonyl (C=O) groups excluding carboxylic acids is 2. The summed E-state index contributed by atoms with van der Waals surface area (Å²) in [6.45, 7) is 6.28. The van der Waals surface area contributed by atoms with E-state index in [9.17, 15) is 19.8 Å². The average molecular weight is 294 g/mol. The van der Waals surface area contributed by atoms with Crippen LogP contribution in [0.1, 0.15) is 31.1 Å². The molecular formula is C15H22N2O4. The highest BCUT2D eigenvalue weighted by Crippen LogP contribution is 2.23. The van der Waals surface area contributed by atoms with Gasteiger partial charge in [-0.15, -0.1) is 0 Å². The molecule has 1 aromatic carbocycles. The molecule has 0 saturated carbocycles. The van der Waals surface area contributed by atoms with Crippen molar-refractivity contribution >= 4 is 11.7 Å². The number of Topliss-reactive ketones (excluding diaryl/α,β-unsaturated/α-hetero) is 1. The Morgan fingerprint density at radius 1 is 1.24 bits per heavy atom. The summed E-state index contributed by atoms with van der Waals surface area (Å²) >= 11 is 0. The first-order valence-corrected chi connectivity index (χ1v) is 6.90. The van der Waals surface area contributed by atoms with Crippen LogP contribution in [-0.2, 0) is 4.79 Å². The smallest absolute Gasteiger partial charge is 0.234 e. The van der Waals surface area contributed by atoms with E-state index in [-0.39, 0.29) is 47.9 Å². The van der Waals surface area contributed by atoms with Crippen LogP contribution in [0.3, 0.4) is 0 Å². The van der Waals surface area contributed by atoms with Crippen molar-refractivity contribution in [3.05, 3.63) is 23.8 Å². The van der Waals surface area contributed by atoms with Gasteiger partial charge in [0.05, 0.1) is 18.7 Å². The number of rotatable bonds is 7. The average Bonchev–Trinajstić information content (AvgIpc) is 2.36. The fourth-order valence-corrected chi connectivity index (χ4v) is 1.89. The largest absolute Gasteiger partial charge is 0.508 e. The van der Waals surface area contributed by atoms with Crippen LogP contribution < -0.4 is 5.32 Å². The number of nitrogens with zero attached hydrogens (tertiary/aromatic N) is 1. The van der Waals surface area contributed by atoms with E-state index in [1.807, 2.05) is 20.8 Å². The molecule has 0 heterocycles. The summed E-state index contributed by atoms with van der Waals surface area (Å²) in [5.74, 6) is -0.809. The molecule has 0 saturated heterocycles. The van der Waals surface area contributed by atoms with Gasteiger partial charge >= 0.3 is 0 Å². The van der Waals surface area contributed by atoms with Gasteiger partial charge in [0.1, 0.15) is 11.5 Å². The lowest BCUT2D eigenvalue weighted by Crippen LogP contribution is -2.41. The fourth-order valence-electron chi connectivity index (χ4n) is 1.89. The number of ketones is 1. The van der Waals surface area contributed by atoms with Gasteiger partial charge in [-0.3, -0.25) is 14.5 Å². The van der Waals surface area contributed by atoms with Crippen molar-refractivity contribution in [1.29, 1.82) is 0 Å². The zero-order chi connectivity index (χ0) is 16.0. The maximum absolute atomic E-state index is 12.1. The number of carbonyl (C=O) groups is 2. The third-order valence-electron chi connectivity index (χ3n) is 2.91. The molecule has 6 nitrogen and oxygen atoms in total. The van der Waals surface area contributed by atoms with Gasteiger partial charge < -0.3 is 15.5 Å². The second kappa shape index (κ2) is 7.64. The van der Waals surface area contributed by atoms with Crippen LogP contribution >= 0.6 is 0 Å². The molecule has 0 radical (unpaired) electrons. The van der Waals surface area contributed by atoms with Crippen molar-refractivity contribution in [2.24, 2.45) is 0 Å². The number of benzene rings is 1. The summed E-state index contributed by atoms with van der Waals surface area (Å²) in [6.07, 6.45) is 0. The molecule has 6 heteroatoms. The molecule has 0 unspecified atom stereocenters. The van der Waals surface area contributed by atoms with E-state index in [0.717, 1.165) is 6.07 Å². The first kappa shape index (κ1) is 17.0. The van der Waals surface area contributed by atoms with Gasteiger partial charge in [0, 0.05) is 12.1 Å². The number of amides is 1. The van der Waals surface area contributed by atoms with Crippen LogP contribution in [0, 0.1) is 0 Å². The van der Waals surface area contributed by atoms with E-state index >= 15 is 0 Å². The van der Waals surface area contributed by atoms with E-state index in [1.165, 1.54) is 12.1 Å². The molecular weight excluding hydrogens is 272 g/mol. The van der Waals surface area contributed by atoms with Crippen molar-refractivity contribution in [1.82, 2.24) is 10.2 Å². The SMILES string of the molecule is CCN(CC(=O)NC(C)C)CC(=O)c1ccc(O)cc1O. The quantitative estimate of drug-likeness (QED) is 0.656. The number of nitrogens with one attached hydrogen (secondary N) is 1. The molecule has 0 bridgehead atoms. The maximum atomic E-state index is 12.1. The molecule has 0 fully saturated rings. The van der Waals surface area contributed by atoms with Crippen LogP contribution in [0.2, 0.25) is 0 Å². The van der Waals surface area contributed by atoms with Crippen molar-refractivity contribution in [3.8, 4) is 11.5 Å². The Kier molecular flexibility index (Phi) is 6.17. The highest BCUT2D eigenvalue weighted by atomic mass is 16.3. The Labute approximate surface area is 124 Å². The second-order valence-corrected chi connectivity index (χ2v) is 5.15. The van der Waals surface area contributed by atoms with Crippen LogP contribution in [-0.4, -0.2) is 52.5 Å². The summed E-state index contributed by atoms with van der Waals surface area (Å²) in [5.41, 5.74) is 0.135. The minimum atomic E-state index is -0.299. The van der Waals surface area contributed by atoms with Crippen molar-refractivity contribution in [2.45, 2.75) is 26.8 Å². The number of hydrogen-bond acceptors (Lipinski definition) is 5. The van der Waals surface area contributed by atoms with E-state index in [4.69, 9.17) is 0 Å². The van der Waals surface area contributed by atoms with Crippen LogP contribution in [0.4, 0.5) is 0 Å². The Hall–Kier alpha value is -2.08. The zero-order valence-electron chi connectivity index (χ0n) is 12.6. The lowest BCUT2D eigenvalue weighted by molar-refractivity contribution is -0.122. The minimum absolute atomic E-state index is 0.0281. The highest BCUT2D eigenvalue weighted by molar-refractivity contribution is 6.00. The summed E-state index contributed by atoms with van der Waals surface area (Å²) in [7, 11) is 0. The Bertz CT molecular complexity index is 514. The normalized spacial score (nSPS) is 10.9. The predicted octanol–water partition coefficient (Wildman–Crippen LogP) is 1.13. The predicted molar refractivity (Wildman–Crippen MR) is 79.5 cm³/mol. The summed E-state index contributed by atoms with van der Waals surface area (Å²) in [5, 5.41) is 21.7. The zero-order valence-corrected chi connectivity index (χ0v) is 12.6. The molecule has 0 spiro atoms. The molecule has 3 N–H and O–H groups in total. The standard InChI is InChI=1S/C15H22N2O4/c1-4-17(9-15(21)16-10(2)3)8-14(20)12-6-5-11(18)7-13(12)19/h5-7,10,18-19H,4,8-9H2,1-3H3,(H,16,21). The molecule has 0 aliphatic heterocycles. The highest BCUT2D eigenvalue weighted by Gasteiger charge is 2.17. The van der Waals surface area contributed by atoms with Gasteiger partial charge in [0.25, 0.3) is 0 Å². The minimum Gasteiger partial charge on any atom is -0.508 e. The monoisotopic (exact) mass is 294 g/mol. The number of hydrogen-bond donors (Lipinski definition) is 3. The van der Waals surface area contributed by atoms with Gasteiger partial charge in [0.15, 0.2) is 5.78 Å². The third kappa shape index (κ3) is 5.43. The van der Waals surface area contributed by atoms with Gasteiger partial charge in [-0.1, -0.05) is 6.92 Å². The van der Waals surface area contributed by atoms with Gasteiger partial charge in [-0.25, -0.2) is 0 Å². The van der Waals surface area contributed by atoms with E-state index in [0.29, 0.717) is 6.54 Å². The Balaban J connectivity index is 2.68. The maximum Gasteiger partial charge on any atom is 0.234 e. The molecule has 21 heavy (non-hydrogen) atoms. The molecule has 116 valence electrons. The number of phenols is 2.